The van der Waals surface area contributed by atoms with Crippen molar-refractivity contribution >= 4 is 6.03 Å². The summed E-state index contributed by atoms with van der Waals surface area (Å²) in [5, 5.41) is 8.62. The van der Waals surface area contributed by atoms with E-state index in [0.29, 0.717) is 0 Å². The van der Waals surface area contributed by atoms with Gasteiger partial charge in [0.05, 0.1) is 11.4 Å². The molecule has 0 bridgehead atoms. The molecule has 3 aromatic rings. The molecule has 0 atom stereocenters. The summed E-state index contributed by atoms with van der Waals surface area (Å²) >= 11 is 0. The van der Waals surface area contributed by atoms with Crippen molar-refractivity contribution < 1.29 is 4.79 Å². The molecule has 5 heteroatoms. The second-order valence-electron chi connectivity index (χ2n) is 5.38. The van der Waals surface area contributed by atoms with Crippen molar-refractivity contribution in [3.63, 3.8) is 0 Å². The third kappa shape index (κ3) is 2.82. The second kappa shape index (κ2) is 6.60. The lowest BCUT2D eigenvalue weighted by Gasteiger charge is -2.08. The molecule has 118 valence electrons. The maximum atomic E-state index is 12.7. The lowest BCUT2D eigenvalue weighted by atomic mass is 10.00. The Labute approximate surface area is 135 Å². The van der Waals surface area contributed by atoms with Crippen molar-refractivity contribution in [1.29, 1.82) is 0 Å². The van der Waals surface area contributed by atoms with Crippen LogP contribution < -0.4 is 0 Å². The van der Waals surface area contributed by atoms with E-state index in [1.165, 1.54) is 9.36 Å². The topological polar surface area (TPSA) is 52.7 Å². The summed E-state index contributed by atoms with van der Waals surface area (Å²) in [4.78, 5) is 12.7. The van der Waals surface area contributed by atoms with E-state index in [9.17, 15) is 4.79 Å². The molecule has 23 heavy (non-hydrogen) atoms. The molecule has 3 rings (SSSR count). The first-order chi connectivity index (χ1) is 11.3. The van der Waals surface area contributed by atoms with Crippen molar-refractivity contribution in [1.82, 2.24) is 19.6 Å². The standard InChI is InChI=1S/C18H20N4O/c1-3-9-16-17(14-10-6-5-7-11-14)15(4-2)20-22(16)18(23)21-13-8-12-19-21/h5-8,10-13H,3-4,9H2,1-2H3. The van der Waals surface area contributed by atoms with Crippen molar-refractivity contribution in [3.8, 4) is 11.1 Å². The van der Waals surface area contributed by atoms with Gasteiger partial charge < -0.3 is 0 Å². The highest BCUT2D eigenvalue weighted by Crippen LogP contribution is 2.29. The first-order valence-corrected chi connectivity index (χ1v) is 7.96. The van der Waals surface area contributed by atoms with Gasteiger partial charge in [0.25, 0.3) is 0 Å². The number of aromatic nitrogens is 4. The van der Waals surface area contributed by atoms with Gasteiger partial charge in [-0.15, -0.1) is 0 Å². The summed E-state index contributed by atoms with van der Waals surface area (Å²) in [5.41, 5.74) is 4.08. The summed E-state index contributed by atoms with van der Waals surface area (Å²) < 4.78 is 2.83. The van der Waals surface area contributed by atoms with E-state index >= 15 is 0 Å². The molecule has 0 aliphatic heterocycles. The van der Waals surface area contributed by atoms with Crippen LogP contribution in [0.3, 0.4) is 0 Å². The minimum absolute atomic E-state index is 0.240. The Balaban J connectivity index is 2.17. The summed E-state index contributed by atoms with van der Waals surface area (Å²) in [5.74, 6) is 0. The fraction of sp³-hybridized carbons (Fsp3) is 0.278. The van der Waals surface area contributed by atoms with Gasteiger partial charge >= 0.3 is 6.03 Å². The minimum atomic E-state index is -0.240. The predicted molar refractivity (Wildman–Crippen MR) is 89.5 cm³/mol. The highest BCUT2D eigenvalue weighted by Gasteiger charge is 2.22. The Morgan fingerprint density at radius 1 is 1.13 bits per heavy atom. The zero-order valence-electron chi connectivity index (χ0n) is 13.4. The normalized spacial score (nSPS) is 10.9. The number of nitrogens with zero attached hydrogens (tertiary/aromatic N) is 4. The van der Waals surface area contributed by atoms with E-state index in [2.05, 4.69) is 36.2 Å². The van der Waals surface area contributed by atoms with E-state index in [1.807, 2.05) is 18.2 Å². The second-order valence-corrected chi connectivity index (χ2v) is 5.38. The molecule has 0 unspecified atom stereocenters. The van der Waals surface area contributed by atoms with Crippen LogP contribution in [0.2, 0.25) is 0 Å². The fourth-order valence-corrected chi connectivity index (χ4v) is 2.79. The first kappa shape index (κ1) is 15.2. The molecule has 2 aromatic heterocycles. The van der Waals surface area contributed by atoms with E-state index < -0.39 is 0 Å². The van der Waals surface area contributed by atoms with Gasteiger partial charge in [-0.05, 0) is 24.5 Å². The van der Waals surface area contributed by atoms with Crippen molar-refractivity contribution in [2.24, 2.45) is 0 Å². The molecule has 0 spiro atoms. The van der Waals surface area contributed by atoms with Gasteiger partial charge in [-0.25, -0.2) is 4.79 Å². The highest BCUT2D eigenvalue weighted by molar-refractivity contribution is 5.81. The molecule has 0 saturated heterocycles. The van der Waals surface area contributed by atoms with Gasteiger partial charge in [0.2, 0.25) is 0 Å². The van der Waals surface area contributed by atoms with Crippen LogP contribution in [-0.2, 0) is 12.8 Å². The average molecular weight is 308 g/mol. The van der Waals surface area contributed by atoms with E-state index in [0.717, 1.165) is 41.8 Å². The van der Waals surface area contributed by atoms with E-state index in [-0.39, 0.29) is 6.03 Å². The van der Waals surface area contributed by atoms with Crippen LogP contribution in [0.25, 0.3) is 11.1 Å². The van der Waals surface area contributed by atoms with Crippen molar-refractivity contribution in [2.75, 3.05) is 0 Å². The Morgan fingerprint density at radius 2 is 1.91 bits per heavy atom. The number of carbonyl (C=O) groups excluding carboxylic acids is 1. The smallest absolute Gasteiger partial charge is 0.244 e. The van der Waals surface area contributed by atoms with Crippen LogP contribution in [0.1, 0.15) is 31.7 Å². The first-order valence-electron chi connectivity index (χ1n) is 7.96. The average Bonchev–Trinajstić information content (AvgIpc) is 3.23. The lowest BCUT2D eigenvalue weighted by Crippen LogP contribution is -2.23. The zero-order chi connectivity index (χ0) is 16.2. The molecule has 0 amide bonds. The van der Waals surface area contributed by atoms with Gasteiger partial charge in [0.15, 0.2) is 0 Å². The monoisotopic (exact) mass is 308 g/mol. The molecule has 5 nitrogen and oxygen atoms in total. The van der Waals surface area contributed by atoms with Crippen LogP contribution in [0.15, 0.2) is 48.8 Å². The molecular formula is C18H20N4O. The van der Waals surface area contributed by atoms with Crippen molar-refractivity contribution in [3.05, 3.63) is 60.2 Å². The number of aryl methyl sites for hydroxylation is 1. The maximum Gasteiger partial charge on any atom is 0.369 e. The van der Waals surface area contributed by atoms with E-state index in [4.69, 9.17) is 0 Å². The Morgan fingerprint density at radius 3 is 2.52 bits per heavy atom. The number of hydrogen-bond acceptors (Lipinski definition) is 3. The van der Waals surface area contributed by atoms with Crippen LogP contribution in [0, 0.1) is 0 Å². The summed E-state index contributed by atoms with van der Waals surface area (Å²) in [6.45, 7) is 4.17. The molecule has 0 aliphatic carbocycles. The minimum Gasteiger partial charge on any atom is -0.244 e. The molecule has 0 saturated carbocycles. The number of carbonyl (C=O) groups is 1. The SMILES string of the molecule is CCCc1c(-c2ccccc2)c(CC)nn1C(=O)n1cccn1. The molecule has 0 fully saturated rings. The quantitative estimate of drug-likeness (QED) is 0.737. The molecule has 0 radical (unpaired) electrons. The maximum absolute atomic E-state index is 12.7. The Bertz CT molecular complexity index is 788. The van der Waals surface area contributed by atoms with Crippen molar-refractivity contribution in [2.45, 2.75) is 33.1 Å². The number of benzene rings is 1. The van der Waals surface area contributed by atoms with Gasteiger partial charge in [0, 0.05) is 18.0 Å². The predicted octanol–water partition coefficient (Wildman–Crippen LogP) is 3.78. The van der Waals surface area contributed by atoms with Crippen LogP contribution in [0.5, 0.6) is 0 Å². The third-order valence-corrected chi connectivity index (χ3v) is 3.82. The number of hydrogen-bond donors (Lipinski definition) is 0. The largest absolute Gasteiger partial charge is 0.369 e. The zero-order valence-corrected chi connectivity index (χ0v) is 13.4. The molecule has 1 aromatic carbocycles. The van der Waals surface area contributed by atoms with Crippen LogP contribution in [0.4, 0.5) is 4.79 Å². The summed E-state index contributed by atoms with van der Waals surface area (Å²) in [6.07, 6.45) is 5.76. The van der Waals surface area contributed by atoms with Crippen LogP contribution >= 0.6 is 0 Å². The van der Waals surface area contributed by atoms with E-state index in [1.54, 1.807) is 18.5 Å². The Kier molecular flexibility index (Phi) is 4.37. The van der Waals surface area contributed by atoms with Crippen LogP contribution in [-0.4, -0.2) is 25.6 Å². The fourth-order valence-electron chi connectivity index (χ4n) is 2.79. The molecule has 0 aliphatic rings. The summed E-state index contributed by atoms with van der Waals surface area (Å²) in [7, 11) is 0. The van der Waals surface area contributed by atoms with Gasteiger partial charge in [0.1, 0.15) is 0 Å². The number of rotatable bonds is 4. The molecule has 0 N–H and O–H groups in total. The highest BCUT2D eigenvalue weighted by atomic mass is 16.2. The van der Waals surface area contributed by atoms with Gasteiger partial charge in [-0.3, -0.25) is 0 Å². The molecule has 2 heterocycles. The third-order valence-electron chi connectivity index (χ3n) is 3.82. The lowest BCUT2D eigenvalue weighted by molar-refractivity contribution is 0.237. The summed E-state index contributed by atoms with van der Waals surface area (Å²) in [6, 6.07) is 11.6. The Hall–Kier alpha value is -2.69. The van der Waals surface area contributed by atoms with Gasteiger partial charge in [-0.2, -0.15) is 19.6 Å². The van der Waals surface area contributed by atoms with Gasteiger partial charge in [-0.1, -0.05) is 50.6 Å². The molecular weight excluding hydrogens is 288 g/mol.